The highest BCUT2D eigenvalue weighted by Gasteiger charge is 2.38. The lowest BCUT2D eigenvalue weighted by Crippen LogP contribution is -2.53. The van der Waals surface area contributed by atoms with Crippen LogP contribution in [0.5, 0.6) is 0 Å². The first-order valence-electron chi connectivity index (χ1n) is 7.04. The van der Waals surface area contributed by atoms with Crippen molar-refractivity contribution in [1.29, 1.82) is 0 Å². The van der Waals surface area contributed by atoms with Gasteiger partial charge in [0, 0.05) is 5.02 Å². The Labute approximate surface area is 129 Å². The third-order valence-corrected chi connectivity index (χ3v) is 4.14. The first kappa shape index (κ1) is 15.8. The fraction of sp³-hybridized carbons (Fsp3) is 0.467. The van der Waals surface area contributed by atoms with Gasteiger partial charge in [-0.05, 0) is 30.5 Å². The highest BCUT2D eigenvalue weighted by molar-refractivity contribution is 6.30. The van der Waals surface area contributed by atoms with Gasteiger partial charge >= 0.3 is 0 Å². The Morgan fingerprint density at radius 2 is 2.00 bits per heavy atom. The van der Waals surface area contributed by atoms with Crippen molar-refractivity contribution in [3.63, 3.8) is 0 Å². The van der Waals surface area contributed by atoms with E-state index in [0.717, 1.165) is 18.4 Å². The van der Waals surface area contributed by atoms with Crippen LogP contribution in [0.15, 0.2) is 24.3 Å². The Morgan fingerprint density at radius 1 is 1.33 bits per heavy atom. The van der Waals surface area contributed by atoms with Crippen LogP contribution >= 0.6 is 11.6 Å². The molecule has 2 amide bonds. The molecular formula is C15H20ClN3O2. The number of rotatable bonds is 5. The van der Waals surface area contributed by atoms with Crippen LogP contribution in [0.2, 0.25) is 5.02 Å². The molecule has 1 fully saturated rings. The van der Waals surface area contributed by atoms with Gasteiger partial charge in [0.25, 0.3) is 0 Å². The predicted octanol–water partition coefficient (Wildman–Crippen LogP) is 1.64. The smallest absolute Gasteiger partial charge is 0.240 e. The summed E-state index contributed by atoms with van der Waals surface area (Å²) >= 11 is 5.96. The van der Waals surface area contributed by atoms with Crippen molar-refractivity contribution in [1.82, 2.24) is 5.32 Å². The van der Waals surface area contributed by atoms with Gasteiger partial charge in [-0.1, -0.05) is 36.6 Å². The Morgan fingerprint density at radius 3 is 2.57 bits per heavy atom. The lowest BCUT2D eigenvalue weighted by molar-refractivity contribution is -0.127. The largest absolute Gasteiger partial charge is 0.370 e. The van der Waals surface area contributed by atoms with E-state index in [-0.39, 0.29) is 12.3 Å². The van der Waals surface area contributed by atoms with Crippen LogP contribution in [0.4, 0.5) is 0 Å². The summed E-state index contributed by atoms with van der Waals surface area (Å²) < 4.78 is 0. The number of benzene rings is 1. The van der Waals surface area contributed by atoms with Gasteiger partial charge in [-0.2, -0.15) is 0 Å². The molecule has 0 saturated heterocycles. The molecule has 2 rings (SSSR count). The number of hydrogen-bond acceptors (Lipinski definition) is 3. The SMILES string of the molecule is NC(=O)C[C@@H](NC(=O)C1(N)CCCC1)c1cccc(Cl)c1. The summed E-state index contributed by atoms with van der Waals surface area (Å²) in [4.78, 5) is 23.7. The molecule has 5 nitrogen and oxygen atoms in total. The van der Waals surface area contributed by atoms with Gasteiger partial charge < -0.3 is 16.8 Å². The average Bonchev–Trinajstić information content (AvgIpc) is 2.86. The number of primary amides is 1. The summed E-state index contributed by atoms with van der Waals surface area (Å²) in [7, 11) is 0. The zero-order chi connectivity index (χ0) is 15.5. The summed E-state index contributed by atoms with van der Waals surface area (Å²) in [6.45, 7) is 0. The second kappa shape index (κ2) is 6.45. The minimum atomic E-state index is -0.839. The fourth-order valence-corrected chi connectivity index (χ4v) is 2.91. The van der Waals surface area contributed by atoms with Crippen molar-refractivity contribution in [3.8, 4) is 0 Å². The topological polar surface area (TPSA) is 98.2 Å². The standard InChI is InChI=1S/C15H20ClN3O2/c16-11-5-3-4-10(8-11)12(9-13(17)20)19-14(21)15(18)6-1-2-7-15/h3-5,8,12H,1-2,6-7,9,18H2,(H2,17,20)(H,19,21)/t12-/m1/s1. The second-order valence-corrected chi connectivity index (χ2v) is 6.05. The monoisotopic (exact) mass is 309 g/mol. The normalized spacial score (nSPS) is 18.2. The highest BCUT2D eigenvalue weighted by atomic mass is 35.5. The summed E-state index contributed by atoms with van der Waals surface area (Å²) in [5.74, 6) is -0.719. The summed E-state index contributed by atoms with van der Waals surface area (Å²) in [5, 5.41) is 3.39. The number of hydrogen-bond donors (Lipinski definition) is 3. The van der Waals surface area contributed by atoms with Gasteiger partial charge in [-0.3, -0.25) is 9.59 Å². The van der Waals surface area contributed by atoms with E-state index in [1.54, 1.807) is 24.3 Å². The molecule has 0 bridgehead atoms. The average molecular weight is 310 g/mol. The molecular weight excluding hydrogens is 290 g/mol. The van der Waals surface area contributed by atoms with Crippen molar-refractivity contribution < 1.29 is 9.59 Å². The van der Waals surface area contributed by atoms with Gasteiger partial charge in [0.05, 0.1) is 18.0 Å². The van der Waals surface area contributed by atoms with Crippen molar-refractivity contribution in [3.05, 3.63) is 34.9 Å². The van der Waals surface area contributed by atoms with Gasteiger partial charge in [-0.15, -0.1) is 0 Å². The molecule has 5 N–H and O–H groups in total. The van der Waals surface area contributed by atoms with E-state index in [4.69, 9.17) is 23.1 Å². The molecule has 0 radical (unpaired) electrons. The van der Waals surface area contributed by atoms with Gasteiger partial charge in [0.2, 0.25) is 11.8 Å². The van der Waals surface area contributed by atoms with E-state index in [2.05, 4.69) is 5.32 Å². The highest BCUT2D eigenvalue weighted by Crippen LogP contribution is 2.29. The van der Waals surface area contributed by atoms with Gasteiger partial charge in [-0.25, -0.2) is 0 Å². The summed E-state index contributed by atoms with van der Waals surface area (Å²) in [5.41, 5.74) is 11.3. The molecule has 1 saturated carbocycles. The molecule has 1 atom stereocenters. The summed E-state index contributed by atoms with van der Waals surface area (Å²) in [6.07, 6.45) is 3.24. The van der Waals surface area contributed by atoms with Crippen LogP contribution in [0.1, 0.15) is 43.7 Å². The molecule has 1 aromatic carbocycles. The number of nitrogens with one attached hydrogen (secondary N) is 1. The minimum absolute atomic E-state index is 0.0160. The first-order valence-corrected chi connectivity index (χ1v) is 7.42. The van der Waals surface area contributed by atoms with Crippen LogP contribution in [0, 0.1) is 0 Å². The van der Waals surface area contributed by atoms with Gasteiger partial charge in [0.1, 0.15) is 0 Å². The number of halogens is 1. The molecule has 6 heteroatoms. The molecule has 1 aromatic rings. The maximum absolute atomic E-state index is 12.4. The van der Waals surface area contributed by atoms with Gasteiger partial charge in [0.15, 0.2) is 0 Å². The Bertz CT molecular complexity index is 541. The molecule has 114 valence electrons. The van der Waals surface area contributed by atoms with Crippen molar-refractivity contribution in [2.24, 2.45) is 11.5 Å². The lowest BCUT2D eigenvalue weighted by Gasteiger charge is -2.26. The Balaban J connectivity index is 2.16. The number of amides is 2. The lowest BCUT2D eigenvalue weighted by atomic mass is 9.96. The first-order chi connectivity index (χ1) is 9.90. The van der Waals surface area contributed by atoms with E-state index in [0.29, 0.717) is 17.9 Å². The quantitative estimate of drug-likeness (QED) is 0.771. The third-order valence-electron chi connectivity index (χ3n) is 3.91. The van der Waals surface area contributed by atoms with Crippen LogP contribution in [0.25, 0.3) is 0 Å². The molecule has 21 heavy (non-hydrogen) atoms. The third kappa shape index (κ3) is 3.95. The molecule has 0 heterocycles. The van der Waals surface area contributed by atoms with Crippen LogP contribution in [-0.4, -0.2) is 17.4 Å². The number of nitrogens with two attached hydrogens (primary N) is 2. The molecule has 0 aromatic heterocycles. The zero-order valence-electron chi connectivity index (χ0n) is 11.8. The molecule has 0 unspecified atom stereocenters. The molecule has 0 spiro atoms. The Kier molecular flexibility index (Phi) is 4.85. The number of carbonyl (C=O) groups excluding carboxylic acids is 2. The maximum Gasteiger partial charge on any atom is 0.240 e. The van der Waals surface area contributed by atoms with Crippen molar-refractivity contribution in [2.45, 2.75) is 43.7 Å². The van der Waals surface area contributed by atoms with E-state index >= 15 is 0 Å². The fourth-order valence-electron chi connectivity index (χ4n) is 2.71. The van der Waals surface area contributed by atoms with Crippen LogP contribution in [0.3, 0.4) is 0 Å². The van der Waals surface area contributed by atoms with Crippen LogP contribution in [-0.2, 0) is 9.59 Å². The number of carbonyl (C=O) groups is 2. The molecule has 0 aliphatic heterocycles. The van der Waals surface area contributed by atoms with E-state index in [1.165, 1.54) is 0 Å². The van der Waals surface area contributed by atoms with Crippen molar-refractivity contribution >= 4 is 23.4 Å². The van der Waals surface area contributed by atoms with E-state index in [9.17, 15) is 9.59 Å². The predicted molar refractivity (Wildman–Crippen MR) is 81.5 cm³/mol. The van der Waals surface area contributed by atoms with E-state index < -0.39 is 17.5 Å². The molecule has 1 aliphatic rings. The second-order valence-electron chi connectivity index (χ2n) is 5.61. The zero-order valence-corrected chi connectivity index (χ0v) is 12.5. The van der Waals surface area contributed by atoms with Crippen LogP contribution < -0.4 is 16.8 Å². The minimum Gasteiger partial charge on any atom is -0.370 e. The molecule has 1 aliphatic carbocycles. The summed E-state index contributed by atoms with van der Waals surface area (Å²) in [6, 6.07) is 6.52. The Hall–Kier alpha value is -1.59. The maximum atomic E-state index is 12.4. The van der Waals surface area contributed by atoms with E-state index in [1.807, 2.05) is 0 Å². The van der Waals surface area contributed by atoms with Crippen molar-refractivity contribution in [2.75, 3.05) is 0 Å².